The van der Waals surface area contributed by atoms with Crippen molar-refractivity contribution in [2.45, 2.75) is 37.9 Å². The summed E-state index contributed by atoms with van der Waals surface area (Å²) >= 11 is 7.96. The fraction of sp³-hybridized carbons (Fsp3) is 0.632. The molecule has 0 spiro atoms. The first-order valence-electron chi connectivity index (χ1n) is 9.16. The average Bonchev–Trinajstić information content (AvgIpc) is 2.62. The van der Waals surface area contributed by atoms with E-state index < -0.39 is 0 Å². The summed E-state index contributed by atoms with van der Waals surface area (Å²) in [7, 11) is 0. The fourth-order valence-corrected chi connectivity index (χ4v) is 4.29. The zero-order valence-corrected chi connectivity index (χ0v) is 16.9. The second kappa shape index (κ2) is 10.9. The third-order valence-electron chi connectivity index (χ3n) is 4.34. The number of ether oxygens (including phenoxy) is 1. The van der Waals surface area contributed by atoms with Crippen LogP contribution in [0.3, 0.4) is 0 Å². The number of nitrogens with zero attached hydrogens (tertiary/aromatic N) is 1. The number of rotatable bonds is 8. The number of halogens is 1. The zero-order valence-electron chi connectivity index (χ0n) is 15.3. The molecule has 4 nitrogen and oxygen atoms in total. The predicted octanol–water partition coefficient (Wildman–Crippen LogP) is 3.74. The van der Waals surface area contributed by atoms with Crippen molar-refractivity contribution in [3.05, 3.63) is 34.9 Å². The van der Waals surface area contributed by atoms with E-state index in [1.54, 1.807) is 0 Å². The van der Waals surface area contributed by atoms with Gasteiger partial charge in [0.05, 0.1) is 6.54 Å². The number of nitrogens with one attached hydrogen (secondary N) is 2. The predicted molar refractivity (Wildman–Crippen MR) is 110 cm³/mol. The highest BCUT2D eigenvalue weighted by Crippen LogP contribution is 2.35. The number of guanidine groups is 1. The quantitative estimate of drug-likeness (QED) is 0.530. The number of aliphatic imine (C=N–C) groups is 1. The second-order valence-corrected chi connectivity index (χ2v) is 8.40. The summed E-state index contributed by atoms with van der Waals surface area (Å²) in [5.74, 6) is 2.02. The van der Waals surface area contributed by atoms with Crippen molar-refractivity contribution in [2.75, 3.05) is 38.6 Å². The van der Waals surface area contributed by atoms with Crippen LogP contribution in [0.2, 0.25) is 5.02 Å². The molecular weight excluding hydrogens is 354 g/mol. The minimum absolute atomic E-state index is 0.228. The van der Waals surface area contributed by atoms with Gasteiger partial charge < -0.3 is 15.4 Å². The minimum Gasteiger partial charge on any atom is -0.381 e. The van der Waals surface area contributed by atoms with Crippen LogP contribution in [-0.4, -0.2) is 49.3 Å². The molecule has 0 saturated carbocycles. The maximum atomic E-state index is 5.94. The highest BCUT2D eigenvalue weighted by Gasteiger charge is 2.32. The molecule has 1 saturated heterocycles. The van der Waals surface area contributed by atoms with Crippen molar-refractivity contribution in [1.82, 2.24) is 10.6 Å². The van der Waals surface area contributed by atoms with E-state index in [2.05, 4.69) is 36.6 Å². The van der Waals surface area contributed by atoms with Crippen molar-refractivity contribution in [3.8, 4) is 0 Å². The molecule has 6 heteroatoms. The van der Waals surface area contributed by atoms with Crippen LogP contribution < -0.4 is 10.6 Å². The number of hydrogen-bond acceptors (Lipinski definition) is 3. The van der Waals surface area contributed by atoms with Crippen LogP contribution in [0.15, 0.2) is 29.3 Å². The summed E-state index contributed by atoms with van der Waals surface area (Å²) in [6.07, 6.45) is 3.11. The Bertz CT molecular complexity index is 524. The Hall–Kier alpha value is -0.910. The van der Waals surface area contributed by atoms with Crippen LogP contribution in [0.4, 0.5) is 0 Å². The molecule has 0 amide bonds. The van der Waals surface area contributed by atoms with E-state index in [9.17, 15) is 0 Å². The summed E-state index contributed by atoms with van der Waals surface area (Å²) < 4.78 is 5.77. The molecule has 1 aromatic carbocycles. The van der Waals surface area contributed by atoms with Crippen LogP contribution in [-0.2, 0) is 11.2 Å². The minimum atomic E-state index is 0.228. The van der Waals surface area contributed by atoms with Gasteiger partial charge >= 0.3 is 0 Å². The van der Waals surface area contributed by atoms with Crippen molar-refractivity contribution in [1.29, 1.82) is 0 Å². The molecular formula is C19H30ClN3OS. The van der Waals surface area contributed by atoms with Crippen molar-refractivity contribution < 1.29 is 4.74 Å². The Morgan fingerprint density at radius 1 is 1.20 bits per heavy atom. The molecule has 1 heterocycles. The number of thioether (sulfide) groups is 1. The van der Waals surface area contributed by atoms with Gasteiger partial charge in [0.15, 0.2) is 5.96 Å². The van der Waals surface area contributed by atoms with Gasteiger partial charge in [0, 0.05) is 36.1 Å². The molecule has 0 bridgehead atoms. The van der Waals surface area contributed by atoms with E-state index in [0.29, 0.717) is 0 Å². The van der Waals surface area contributed by atoms with Gasteiger partial charge in [0.2, 0.25) is 0 Å². The molecule has 0 radical (unpaired) electrons. The Kier molecular flexibility index (Phi) is 8.93. The molecule has 0 aromatic heterocycles. The monoisotopic (exact) mass is 383 g/mol. The maximum absolute atomic E-state index is 5.94. The van der Waals surface area contributed by atoms with E-state index in [0.717, 1.165) is 68.8 Å². The third-order valence-corrected chi connectivity index (χ3v) is 6.03. The number of hydrogen-bond donors (Lipinski definition) is 2. The fourth-order valence-electron chi connectivity index (χ4n) is 2.94. The highest BCUT2D eigenvalue weighted by molar-refractivity contribution is 8.00. The van der Waals surface area contributed by atoms with Crippen molar-refractivity contribution >= 4 is 29.3 Å². The molecule has 1 aliphatic rings. The highest BCUT2D eigenvalue weighted by atomic mass is 35.5. The van der Waals surface area contributed by atoms with Gasteiger partial charge in [-0.2, -0.15) is 11.8 Å². The lowest BCUT2D eigenvalue weighted by Gasteiger charge is -2.35. The van der Waals surface area contributed by atoms with Crippen LogP contribution in [0.5, 0.6) is 0 Å². The van der Waals surface area contributed by atoms with Crippen LogP contribution in [0, 0.1) is 0 Å². The first-order chi connectivity index (χ1) is 12.2. The normalized spacial score (nSPS) is 17.3. The number of benzene rings is 1. The van der Waals surface area contributed by atoms with E-state index >= 15 is 0 Å². The Labute approximate surface area is 161 Å². The molecule has 1 aromatic rings. The lowest BCUT2D eigenvalue weighted by Crippen LogP contribution is -2.41. The Balaban J connectivity index is 1.89. The molecule has 2 N–H and O–H groups in total. The van der Waals surface area contributed by atoms with E-state index in [4.69, 9.17) is 21.3 Å². The molecule has 0 unspecified atom stereocenters. The lowest BCUT2D eigenvalue weighted by atomic mass is 9.99. The summed E-state index contributed by atoms with van der Waals surface area (Å²) in [5.41, 5.74) is 1.27. The first-order valence-corrected chi connectivity index (χ1v) is 10.5. The standard InChI is InChI=1S/C19H30ClN3OS/c1-3-21-18(22-12-9-16-5-7-17(20)8-6-16)23-15-19(25-4-2)10-13-24-14-11-19/h5-8H,3-4,9-15H2,1-2H3,(H2,21,22,23). The Morgan fingerprint density at radius 3 is 2.56 bits per heavy atom. The van der Waals surface area contributed by atoms with Gasteiger partial charge in [-0.25, -0.2) is 0 Å². The molecule has 140 valence electrons. The van der Waals surface area contributed by atoms with E-state index in [-0.39, 0.29) is 4.75 Å². The smallest absolute Gasteiger partial charge is 0.191 e. The average molecular weight is 384 g/mol. The van der Waals surface area contributed by atoms with Crippen molar-refractivity contribution in [2.24, 2.45) is 4.99 Å². The van der Waals surface area contributed by atoms with Crippen LogP contribution in [0.1, 0.15) is 32.3 Å². The van der Waals surface area contributed by atoms with Crippen LogP contribution in [0.25, 0.3) is 0 Å². The summed E-state index contributed by atoms with van der Waals surface area (Å²) in [4.78, 5) is 4.87. The molecule has 0 aliphatic carbocycles. The van der Waals surface area contributed by atoms with Gasteiger partial charge in [-0.1, -0.05) is 30.7 Å². The van der Waals surface area contributed by atoms with Gasteiger partial charge in [-0.05, 0) is 49.6 Å². The molecule has 2 rings (SSSR count). The molecule has 0 atom stereocenters. The largest absolute Gasteiger partial charge is 0.381 e. The Morgan fingerprint density at radius 2 is 1.92 bits per heavy atom. The van der Waals surface area contributed by atoms with E-state index in [1.807, 2.05) is 23.9 Å². The summed E-state index contributed by atoms with van der Waals surface area (Å²) in [6, 6.07) is 8.02. The van der Waals surface area contributed by atoms with Crippen LogP contribution >= 0.6 is 23.4 Å². The third kappa shape index (κ3) is 7.08. The van der Waals surface area contributed by atoms with Crippen molar-refractivity contribution in [3.63, 3.8) is 0 Å². The second-order valence-electron chi connectivity index (χ2n) is 6.23. The van der Waals surface area contributed by atoms with Gasteiger partial charge in [0.25, 0.3) is 0 Å². The lowest BCUT2D eigenvalue weighted by molar-refractivity contribution is 0.0793. The molecule has 1 fully saturated rings. The maximum Gasteiger partial charge on any atom is 0.191 e. The summed E-state index contributed by atoms with van der Waals surface area (Å²) in [6.45, 7) is 8.58. The molecule has 25 heavy (non-hydrogen) atoms. The first kappa shape index (κ1) is 20.4. The zero-order chi connectivity index (χ0) is 18.0. The SMILES string of the molecule is CCNC(=NCC1(SCC)CCOCC1)NCCc1ccc(Cl)cc1. The van der Waals surface area contributed by atoms with Gasteiger partial charge in [-0.15, -0.1) is 0 Å². The summed E-state index contributed by atoms with van der Waals surface area (Å²) in [5, 5.41) is 7.58. The molecule has 1 aliphatic heterocycles. The van der Waals surface area contributed by atoms with E-state index in [1.165, 1.54) is 5.56 Å². The topological polar surface area (TPSA) is 45.7 Å². The van der Waals surface area contributed by atoms with Gasteiger partial charge in [0.1, 0.15) is 0 Å². The van der Waals surface area contributed by atoms with Gasteiger partial charge in [-0.3, -0.25) is 4.99 Å².